The molecule has 0 bridgehead atoms. The molecule has 0 aliphatic rings. The lowest BCUT2D eigenvalue weighted by Gasteiger charge is -2.13. The van der Waals surface area contributed by atoms with E-state index in [0.29, 0.717) is 11.3 Å². The van der Waals surface area contributed by atoms with Crippen LogP contribution in [0, 0.1) is 0 Å². The summed E-state index contributed by atoms with van der Waals surface area (Å²) in [7, 11) is 3.68. The number of halogens is 3. The lowest BCUT2D eigenvalue weighted by molar-refractivity contribution is -0.137. The monoisotopic (exact) mass is 583 g/mol. The number of hydrogen-bond acceptors (Lipinski definition) is 8. The molecule has 0 fully saturated rings. The Hall–Kier alpha value is -5.33. The molecule has 1 heterocycles. The largest absolute Gasteiger partial charge is 0.493 e. The van der Waals surface area contributed by atoms with Gasteiger partial charge in [-0.25, -0.2) is 14.3 Å². The average molecular weight is 584 g/mol. The summed E-state index contributed by atoms with van der Waals surface area (Å²) in [6.07, 6.45) is -4.56. The average Bonchev–Trinajstić information content (AvgIpc) is 3.40. The maximum absolute atomic E-state index is 13.0. The van der Waals surface area contributed by atoms with Crippen molar-refractivity contribution in [2.75, 3.05) is 33.3 Å². The van der Waals surface area contributed by atoms with Crippen LogP contribution in [0.4, 0.5) is 18.9 Å². The van der Waals surface area contributed by atoms with Gasteiger partial charge in [-0.1, -0.05) is 24.3 Å². The number of amides is 1. The van der Waals surface area contributed by atoms with E-state index >= 15 is 0 Å². The van der Waals surface area contributed by atoms with Gasteiger partial charge >= 0.3 is 18.1 Å². The fraction of sp³-hybridized carbons (Fsp3) is 0.172. The maximum atomic E-state index is 13.0. The number of hydrogen-bond donors (Lipinski definition) is 1. The van der Waals surface area contributed by atoms with Crippen LogP contribution in [0.15, 0.2) is 72.8 Å². The number of esters is 2. The Morgan fingerprint density at radius 2 is 1.57 bits per heavy atom. The van der Waals surface area contributed by atoms with Crippen LogP contribution in [0.1, 0.15) is 26.4 Å². The van der Waals surface area contributed by atoms with Crippen LogP contribution in [-0.4, -0.2) is 55.6 Å². The highest BCUT2D eigenvalue weighted by Gasteiger charge is 2.32. The Morgan fingerprint density at radius 1 is 0.857 bits per heavy atom. The molecule has 1 aromatic heterocycles. The van der Waals surface area contributed by atoms with Gasteiger partial charge < -0.3 is 24.3 Å². The molecule has 0 aliphatic heterocycles. The highest BCUT2D eigenvalue weighted by molar-refractivity contribution is 6.07. The predicted octanol–water partition coefficient (Wildman–Crippen LogP) is 5.16. The smallest absolute Gasteiger partial charge is 0.416 e. The predicted molar refractivity (Wildman–Crippen MR) is 144 cm³/mol. The highest BCUT2D eigenvalue weighted by atomic mass is 19.4. The molecule has 10 nitrogen and oxygen atoms in total. The first-order valence-electron chi connectivity index (χ1n) is 12.2. The van der Waals surface area contributed by atoms with Crippen molar-refractivity contribution in [1.29, 1.82) is 0 Å². The number of carbonyl (C=O) groups is 3. The van der Waals surface area contributed by atoms with Crippen molar-refractivity contribution in [1.82, 2.24) is 9.78 Å². The Bertz CT molecular complexity index is 1620. The number of alkyl halides is 3. The molecule has 218 valence electrons. The van der Waals surface area contributed by atoms with E-state index in [2.05, 4.69) is 10.4 Å². The molecule has 0 saturated heterocycles. The van der Waals surface area contributed by atoms with Crippen LogP contribution >= 0.6 is 0 Å². The molecular weight excluding hydrogens is 559 g/mol. The number of aromatic nitrogens is 2. The fourth-order valence-electron chi connectivity index (χ4n) is 4.00. The standard InChI is InChI=1S/C29H24F3N3O7/c1-39-22-14-17(12-13-21(22)42-16-23(36)33-19-9-7-8-18(15-19)29(30,31)32)25-24(27(37)40-2)26(28(38)41-3)35(34-25)20-10-5-4-6-11-20/h4-15H,16H2,1-3H3,(H,33,36). The Morgan fingerprint density at radius 3 is 2.21 bits per heavy atom. The molecule has 0 aliphatic carbocycles. The van der Waals surface area contributed by atoms with E-state index in [-0.39, 0.29) is 34.1 Å². The molecule has 3 aromatic carbocycles. The molecule has 0 atom stereocenters. The number of benzene rings is 3. The third kappa shape index (κ3) is 6.35. The van der Waals surface area contributed by atoms with Crippen molar-refractivity contribution in [3.05, 3.63) is 89.6 Å². The summed E-state index contributed by atoms with van der Waals surface area (Å²) in [6.45, 7) is -0.547. The number of nitrogens with zero attached hydrogens (tertiary/aromatic N) is 2. The molecule has 1 N–H and O–H groups in total. The lowest BCUT2D eigenvalue weighted by Crippen LogP contribution is -2.20. The van der Waals surface area contributed by atoms with Gasteiger partial charge in [-0.2, -0.15) is 18.3 Å². The minimum absolute atomic E-state index is 0.0495. The van der Waals surface area contributed by atoms with E-state index in [0.717, 1.165) is 19.2 Å². The third-order valence-electron chi connectivity index (χ3n) is 5.92. The van der Waals surface area contributed by atoms with Gasteiger partial charge in [-0.3, -0.25) is 4.79 Å². The summed E-state index contributed by atoms with van der Waals surface area (Å²) in [6, 6.07) is 17.2. The molecule has 4 rings (SSSR count). The molecule has 42 heavy (non-hydrogen) atoms. The number of para-hydroxylation sites is 1. The summed E-state index contributed by atoms with van der Waals surface area (Å²) in [5.74, 6) is -2.10. The Kier molecular flexibility index (Phi) is 8.79. The molecular formula is C29H24F3N3O7. The van der Waals surface area contributed by atoms with E-state index in [9.17, 15) is 27.6 Å². The molecule has 0 saturated carbocycles. The van der Waals surface area contributed by atoms with Crippen LogP contribution in [0.25, 0.3) is 16.9 Å². The van der Waals surface area contributed by atoms with Gasteiger partial charge in [0.05, 0.1) is 32.6 Å². The second-order valence-corrected chi connectivity index (χ2v) is 8.58. The quantitative estimate of drug-likeness (QED) is 0.269. The minimum Gasteiger partial charge on any atom is -0.493 e. The van der Waals surface area contributed by atoms with Crippen molar-refractivity contribution >= 4 is 23.5 Å². The second-order valence-electron chi connectivity index (χ2n) is 8.58. The van der Waals surface area contributed by atoms with Gasteiger partial charge in [0.2, 0.25) is 0 Å². The summed E-state index contributed by atoms with van der Waals surface area (Å²) < 4.78 is 61.0. The Labute approximate surface area is 237 Å². The second kappa shape index (κ2) is 12.5. The number of anilines is 1. The zero-order valence-electron chi connectivity index (χ0n) is 22.5. The van der Waals surface area contributed by atoms with Crippen molar-refractivity contribution in [2.24, 2.45) is 0 Å². The van der Waals surface area contributed by atoms with Crippen LogP contribution in [-0.2, 0) is 20.4 Å². The summed E-state index contributed by atoms with van der Waals surface area (Å²) >= 11 is 0. The number of carbonyl (C=O) groups excluding carboxylic acids is 3. The molecule has 0 spiro atoms. The zero-order valence-corrected chi connectivity index (χ0v) is 22.5. The van der Waals surface area contributed by atoms with Crippen molar-refractivity contribution < 1.29 is 46.5 Å². The van der Waals surface area contributed by atoms with Crippen LogP contribution in [0.3, 0.4) is 0 Å². The molecule has 0 radical (unpaired) electrons. The molecule has 13 heteroatoms. The van der Waals surface area contributed by atoms with Crippen molar-refractivity contribution in [3.8, 4) is 28.4 Å². The molecule has 0 unspecified atom stereocenters. The van der Waals surface area contributed by atoms with Gasteiger partial charge in [0, 0.05) is 11.3 Å². The Balaban J connectivity index is 1.64. The molecule has 4 aromatic rings. The maximum Gasteiger partial charge on any atom is 0.416 e. The van der Waals surface area contributed by atoms with Crippen LogP contribution < -0.4 is 14.8 Å². The van der Waals surface area contributed by atoms with E-state index in [1.807, 2.05) is 0 Å². The molecule has 1 amide bonds. The van der Waals surface area contributed by atoms with E-state index in [4.69, 9.17) is 18.9 Å². The normalized spacial score (nSPS) is 11.0. The van der Waals surface area contributed by atoms with Crippen LogP contribution in [0.5, 0.6) is 11.5 Å². The van der Waals surface area contributed by atoms with E-state index < -0.39 is 36.2 Å². The van der Waals surface area contributed by atoms with E-state index in [1.165, 1.54) is 49.2 Å². The number of nitrogens with one attached hydrogen (secondary N) is 1. The summed E-state index contributed by atoms with van der Waals surface area (Å²) in [5.41, 5.74) is -0.360. The zero-order chi connectivity index (χ0) is 30.4. The number of ether oxygens (including phenoxy) is 4. The van der Waals surface area contributed by atoms with Crippen molar-refractivity contribution in [2.45, 2.75) is 6.18 Å². The first-order chi connectivity index (χ1) is 20.1. The van der Waals surface area contributed by atoms with E-state index in [1.54, 1.807) is 30.3 Å². The first-order valence-corrected chi connectivity index (χ1v) is 12.2. The van der Waals surface area contributed by atoms with Crippen molar-refractivity contribution in [3.63, 3.8) is 0 Å². The fourth-order valence-corrected chi connectivity index (χ4v) is 4.00. The third-order valence-corrected chi connectivity index (χ3v) is 5.92. The minimum atomic E-state index is -4.56. The summed E-state index contributed by atoms with van der Waals surface area (Å²) in [4.78, 5) is 38.1. The lowest BCUT2D eigenvalue weighted by atomic mass is 10.0. The van der Waals surface area contributed by atoms with Gasteiger partial charge in [0.25, 0.3) is 5.91 Å². The van der Waals surface area contributed by atoms with Gasteiger partial charge in [-0.15, -0.1) is 0 Å². The van der Waals surface area contributed by atoms with Gasteiger partial charge in [-0.05, 0) is 48.5 Å². The highest BCUT2D eigenvalue weighted by Crippen LogP contribution is 2.36. The topological polar surface area (TPSA) is 118 Å². The number of rotatable bonds is 9. The SMILES string of the molecule is COC(=O)c1c(-c2ccc(OCC(=O)Nc3cccc(C(F)(F)F)c3)c(OC)c2)nn(-c2ccccc2)c1C(=O)OC. The van der Waals surface area contributed by atoms with Crippen LogP contribution in [0.2, 0.25) is 0 Å². The van der Waals surface area contributed by atoms with Gasteiger partial charge in [0.15, 0.2) is 23.8 Å². The summed E-state index contributed by atoms with van der Waals surface area (Å²) in [5, 5.41) is 6.87. The number of methoxy groups -OCH3 is 3. The van der Waals surface area contributed by atoms with Gasteiger partial charge in [0.1, 0.15) is 11.3 Å². The first kappa shape index (κ1) is 29.6.